The van der Waals surface area contributed by atoms with Crippen molar-refractivity contribution in [1.82, 2.24) is 25.4 Å². The minimum Gasteiger partial charge on any atom is -0.494 e. The number of anilines is 3. The summed E-state index contributed by atoms with van der Waals surface area (Å²) < 4.78 is 5.74. The summed E-state index contributed by atoms with van der Waals surface area (Å²) in [5.41, 5.74) is 6.89. The van der Waals surface area contributed by atoms with E-state index in [1.165, 1.54) is 24.5 Å². The first kappa shape index (κ1) is 28.4. The predicted molar refractivity (Wildman–Crippen MR) is 156 cm³/mol. The molecule has 216 valence electrons. The van der Waals surface area contributed by atoms with Gasteiger partial charge in [0, 0.05) is 24.1 Å². The van der Waals surface area contributed by atoms with Crippen molar-refractivity contribution in [2.75, 3.05) is 31.8 Å². The number of methoxy groups -OCH3 is 1. The number of rotatable bonds is 10. The highest BCUT2D eigenvalue weighted by atomic mass is 32.1. The number of nitrogens with zero attached hydrogens (tertiary/aromatic N) is 4. The fraction of sp³-hybridized carbons (Fsp3) is 0.429. The van der Waals surface area contributed by atoms with Crippen LogP contribution in [0.5, 0.6) is 5.75 Å². The number of amides is 3. The number of ether oxygens (including phenoxy) is 1. The number of aromatic nitrogens is 3. The summed E-state index contributed by atoms with van der Waals surface area (Å²) in [6.07, 6.45) is 7.27. The van der Waals surface area contributed by atoms with Crippen molar-refractivity contribution < 1.29 is 19.1 Å². The van der Waals surface area contributed by atoms with Crippen LogP contribution in [0, 0.1) is 5.92 Å². The van der Waals surface area contributed by atoms with Gasteiger partial charge in [0.1, 0.15) is 9.88 Å². The van der Waals surface area contributed by atoms with E-state index in [1.54, 1.807) is 18.3 Å². The Hall–Kier alpha value is -4.10. The lowest BCUT2D eigenvalue weighted by Gasteiger charge is -2.32. The van der Waals surface area contributed by atoms with Crippen molar-refractivity contribution in [1.29, 1.82) is 0 Å². The Morgan fingerprint density at radius 2 is 1.80 bits per heavy atom. The number of nitrogens with two attached hydrogens (primary N) is 1. The molecule has 1 aromatic carbocycles. The Labute approximate surface area is 242 Å². The second kappa shape index (κ2) is 12.2. The van der Waals surface area contributed by atoms with E-state index in [1.807, 2.05) is 6.07 Å². The zero-order valence-electron chi connectivity index (χ0n) is 23.3. The SMILES string of the molecule is COc1c(Nc2cc(NC(=O)C3CC3)nnc2C(N)=O)cccc1-c1ncc(C(=O)NC2CCC(N(C)C)CC2)s1. The summed E-state index contributed by atoms with van der Waals surface area (Å²) in [7, 11) is 5.72. The molecule has 12 nitrogen and oxygen atoms in total. The number of nitrogens with one attached hydrogen (secondary N) is 3. The van der Waals surface area contributed by atoms with Crippen LogP contribution in [0.1, 0.15) is 58.7 Å². The third-order valence-electron chi connectivity index (χ3n) is 7.44. The molecule has 0 unspecified atom stereocenters. The fourth-order valence-electron chi connectivity index (χ4n) is 4.97. The molecule has 0 saturated heterocycles. The Morgan fingerprint density at radius 3 is 2.46 bits per heavy atom. The second-order valence-electron chi connectivity index (χ2n) is 10.6. The van der Waals surface area contributed by atoms with Crippen LogP contribution in [0.4, 0.5) is 17.2 Å². The normalized spacial score (nSPS) is 18.5. The van der Waals surface area contributed by atoms with Crippen molar-refractivity contribution in [3.8, 4) is 16.3 Å². The van der Waals surface area contributed by atoms with Gasteiger partial charge in [-0.3, -0.25) is 14.4 Å². The lowest BCUT2D eigenvalue weighted by molar-refractivity contribution is -0.117. The summed E-state index contributed by atoms with van der Waals surface area (Å²) >= 11 is 1.28. The standard InChI is InChI=1S/C28H34N8O4S/c1-36(2)17-11-9-16(10-12-17)31-27(39)21-14-30-28(41-21)18-5-4-6-19(24(18)40-3)32-20-13-22(33-26(38)15-7-8-15)34-35-23(20)25(29)37/h4-6,13-17H,7-12H2,1-3H3,(H2,29,37)(H,31,39)(H2,32,33,34,38). The fourth-order valence-corrected chi connectivity index (χ4v) is 5.81. The van der Waals surface area contributed by atoms with E-state index in [2.05, 4.69) is 50.1 Å². The van der Waals surface area contributed by atoms with Crippen LogP contribution in [0.2, 0.25) is 0 Å². The molecule has 5 rings (SSSR count). The summed E-state index contributed by atoms with van der Waals surface area (Å²) in [5.74, 6) is -0.418. The third-order valence-corrected chi connectivity index (χ3v) is 8.47. The monoisotopic (exact) mass is 578 g/mol. The lowest BCUT2D eigenvalue weighted by atomic mass is 9.90. The van der Waals surface area contributed by atoms with E-state index in [4.69, 9.17) is 10.5 Å². The van der Waals surface area contributed by atoms with Crippen LogP contribution in [0.15, 0.2) is 30.5 Å². The van der Waals surface area contributed by atoms with E-state index in [-0.39, 0.29) is 41.0 Å². The largest absolute Gasteiger partial charge is 0.494 e. The number of carbonyl (C=O) groups excluding carboxylic acids is 3. The molecule has 0 radical (unpaired) electrons. The summed E-state index contributed by atoms with van der Waals surface area (Å²) in [4.78, 5) is 44.6. The zero-order chi connectivity index (χ0) is 29.1. The van der Waals surface area contributed by atoms with Gasteiger partial charge in [-0.2, -0.15) is 0 Å². The van der Waals surface area contributed by atoms with Crippen LogP contribution in [-0.2, 0) is 4.79 Å². The van der Waals surface area contributed by atoms with Gasteiger partial charge in [-0.25, -0.2) is 4.98 Å². The molecule has 0 aliphatic heterocycles. The van der Waals surface area contributed by atoms with Crippen LogP contribution in [0.25, 0.3) is 10.6 Å². The van der Waals surface area contributed by atoms with Crippen molar-refractivity contribution in [3.05, 3.63) is 41.0 Å². The molecule has 41 heavy (non-hydrogen) atoms. The van der Waals surface area contributed by atoms with Crippen molar-refractivity contribution in [2.24, 2.45) is 11.7 Å². The first-order valence-corrected chi connectivity index (χ1v) is 14.4. The van der Waals surface area contributed by atoms with Gasteiger partial charge in [-0.15, -0.1) is 21.5 Å². The molecule has 2 aliphatic carbocycles. The van der Waals surface area contributed by atoms with Gasteiger partial charge in [0.25, 0.3) is 11.8 Å². The minimum atomic E-state index is -0.777. The maximum atomic E-state index is 13.0. The van der Waals surface area contributed by atoms with E-state index in [0.717, 1.165) is 38.5 Å². The third kappa shape index (κ3) is 6.63. The molecular weight excluding hydrogens is 544 g/mol. The quantitative estimate of drug-likeness (QED) is 0.282. The maximum absolute atomic E-state index is 13.0. The number of hydrogen-bond acceptors (Lipinski definition) is 10. The topological polar surface area (TPSA) is 164 Å². The average molecular weight is 579 g/mol. The van der Waals surface area contributed by atoms with Crippen LogP contribution in [0.3, 0.4) is 0 Å². The molecule has 2 aromatic heterocycles. The van der Waals surface area contributed by atoms with Gasteiger partial charge in [0.15, 0.2) is 17.3 Å². The van der Waals surface area contributed by atoms with Crippen LogP contribution in [-0.4, -0.2) is 71.1 Å². The van der Waals surface area contributed by atoms with E-state index in [0.29, 0.717) is 32.9 Å². The molecular formula is C28H34N8O4S. The van der Waals surface area contributed by atoms with Gasteiger partial charge in [0.2, 0.25) is 5.91 Å². The maximum Gasteiger partial charge on any atom is 0.271 e. The molecule has 3 amide bonds. The molecule has 3 aromatic rings. The first-order valence-electron chi connectivity index (χ1n) is 13.6. The van der Waals surface area contributed by atoms with Gasteiger partial charge >= 0.3 is 0 Å². The Kier molecular flexibility index (Phi) is 8.45. The highest BCUT2D eigenvalue weighted by molar-refractivity contribution is 7.17. The van der Waals surface area contributed by atoms with Crippen LogP contribution < -0.4 is 26.4 Å². The van der Waals surface area contributed by atoms with Gasteiger partial charge < -0.3 is 31.3 Å². The van der Waals surface area contributed by atoms with E-state index in [9.17, 15) is 14.4 Å². The number of carbonyl (C=O) groups is 3. The predicted octanol–water partition coefficient (Wildman–Crippen LogP) is 3.40. The number of benzene rings is 1. The molecule has 2 fully saturated rings. The Bertz CT molecular complexity index is 1450. The van der Waals surface area contributed by atoms with E-state index >= 15 is 0 Å². The number of para-hydroxylation sites is 1. The summed E-state index contributed by atoms with van der Waals surface area (Å²) in [5, 5.41) is 17.5. The summed E-state index contributed by atoms with van der Waals surface area (Å²) in [6.45, 7) is 0. The zero-order valence-corrected chi connectivity index (χ0v) is 24.1. The second-order valence-corrected chi connectivity index (χ2v) is 11.6. The van der Waals surface area contributed by atoms with Gasteiger partial charge in [-0.05, 0) is 64.8 Å². The lowest BCUT2D eigenvalue weighted by Crippen LogP contribution is -2.41. The molecule has 0 bridgehead atoms. The molecule has 0 spiro atoms. The number of primary amides is 1. The molecule has 13 heteroatoms. The van der Waals surface area contributed by atoms with Crippen molar-refractivity contribution >= 4 is 46.3 Å². The molecule has 2 saturated carbocycles. The van der Waals surface area contributed by atoms with Crippen molar-refractivity contribution in [2.45, 2.75) is 50.6 Å². The Balaban J connectivity index is 1.34. The average Bonchev–Trinajstić information content (AvgIpc) is 3.69. The van der Waals surface area contributed by atoms with Crippen molar-refractivity contribution in [3.63, 3.8) is 0 Å². The molecule has 5 N–H and O–H groups in total. The molecule has 2 aliphatic rings. The minimum absolute atomic E-state index is 0.0239. The summed E-state index contributed by atoms with van der Waals surface area (Å²) in [6, 6.07) is 7.63. The van der Waals surface area contributed by atoms with E-state index < -0.39 is 5.91 Å². The van der Waals surface area contributed by atoms with Gasteiger partial charge in [0.05, 0.1) is 30.2 Å². The van der Waals surface area contributed by atoms with Crippen LogP contribution >= 0.6 is 11.3 Å². The smallest absolute Gasteiger partial charge is 0.271 e. The Morgan fingerprint density at radius 1 is 1.05 bits per heavy atom. The molecule has 0 atom stereocenters. The first-order chi connectivity index (χ1) is 19.7. The number of thiazole rings is 1. The highest BCUT2D eigenvalue weighted by Crippen LogP contribution is 2.40. The van der Waals surface area contributed by atoms with Gasteiger partial charge in [-0.1, -0.05) is 6.07 Å². The number of hydrogen-bond donors (Lipinski definition) is 4. The highest BCUT2D eigenvalue weighted by Gasteiger charge is 2.30. The molecule has 2 heterocycles.